The van der Waals surface area contributed by atoms with E-state index in [0.29, 0.717) is 22.3 Å². The van der Waals surface area contributed by atoms with Crippen LogP contribution in [0.2, 0.25) is 5.02 Å². The van der Waals surface area contributed by atoms with Gasteiger partial charge in [-0.15, -0.1) is 0 Å². The standard InChI is InChI=1S/C17H17ClO2/c1-12(2)11-13-7-3-6-10-16(13)20-17(19)14-8-4-5-9-15(14)18/h3-10,12H,11H2,1-2H3. The van der Waals surface area contributed by atoms with Gasteiger partial charge in [-0.3, -0.25) is 0 Å². The highest BCUT2D eigenvalue weighted by Gasteiger charge is 2.14. The van der Waals surface area contributed by atoms with Gasteiger partial charge in [0.2, 0.25) is 0 Å². The molecule has 2 rings (SSSR count). The summed E-state index contributed by atoms with van der Waals surface area (Å²) in [4.78, 5) is 12.2. The van der Waals surface area contributed by atoms with Gasteiger partial charge in [0.05, 0.1) is 10.6 Å². The summed E-state index contributed by atoms with van der Waals surface area (Å²) in [5.41, 5.74) is 1.41. The fourth-order valence-corrected chi connectivity index (χ4v) is 2.21. The number of ether oxygens (including phenoxy) is 1. The van der Waals surface area contributed by atoms with E-state index in [1.807, 2.05) is 24.3 Å². The predicted molar refractivity (Wildman–Crippen MR) is 81.4 cm³/mol. The van der Waals surface area contributed by atoms with Crippen molar-refractivity contribution in [2.75, 3.05) is 0 Å². The molecule has 2 aromatic carbocycles. The fraction of sp³-hybridized carbons (Fsp3) is 0.235. The molecule has 3 heteroatoms. The molecule has 0 aliphatic rings. The van der Waals surface area contributed by atoms with Gasteiger partial charge in [-0.2, -0.15) is 0 Å². The Morgan fingerprint density at radius 3 is 2.45 bits per heavy atom. The Bertz CT molecular complexity index is 605. The monoisotopic (exact) mass is 288 g/mol. The van der Waals surface area contributed by atoms with Crippen LogP contribution in [0.5, 0.6) is 5.75 Å². The zero-order valence-electron chi connectivity index (χ0n) is 11.6. The summed E-state index contributed by atoms with van der Waals surface area (Å²) >= 11 is 6.01. The largest absolute Gasteiger partial charge is 0.423 e. The number of para-hydroxylation sites is 1. The van der Waals surface area contributed by atoms with Crippen LogP contribution in [0.15, 0.2) is 48.5 Å². The summed E-state index contributed by atoms with van der Waals surface area (Å²) in [5.74, 6) is 0.674. The molecule has 0 aromatic heterocycles. The zero-order valence-corrected chi connectivity index (χ0v) is 12.4. The Morgan fingerprint density at radius 2 is 1.75 bits per heavy atom. The average Bonchev–Trinajstić information content (AvgIpc) is 2.41. The lowest BCUT2D eigenvalue weighted by Gasteiger charge is -2.12. The summed E-state index contributed by atoms with van der Waals surface area (Å²) in [6.07, 6.45) is 0.867. The van der Waals surface area contributed by atoms with Crippen LogP contribution >= 0.6 is 11.6 Å². The first-order valence-corrected chi connectivity index (χ1v) is 7.00. The van der Waals surface area contributed by atoms with Crippen molar-refractivity contribution in [2.24, 2.45) is 5.92 Å². The van der Waals surface area contributed by atoms with E-state index in [9.17, 15) is 4.79 Å². The van der Waals surface area contributed by atoms with Gasteiger partial charge in [0.15, 0.2) is 0 Å². The van der Waals surface area contributed by atoms with Crippen molar-refractivity contribution in [3.63, 3.8) is 0 Å². The third-order valence-electron chi connectivity index (χ3n) is 2.90. The van der Waals surface area contributed by atoms with E-state index >= 15 is 0 Å². The van der Waals surface area contributed by atoms with E-state index in [0.717, 1.165) is 12.0 Å². The first-order valence-electron chi connectivity index (χ1n) is 6.62. The lowest BCUT2D eigenvalue weighted by atomic mass is 10.0. The molecule has 0 aliphatic carbocycles. The zero-order chi connectivity index (χ0) is 14.5. The number of halogens is 1. The summed E-state index contributed by atoms with van der Waals surface area (Å²) < 4.78 is 5.49. The Labute approximate surface area is 124 Å². The van der Waals surface area contributed by atoms with E-state index in [1.165, 1.54) is 0 Å². The maximum Gasteiger partial charge on any atom is 0.345 e. The number of esters is 1. The molecule has 0 N–H and O–H groups in total. The molecule has 2 nitrogen and oxygen atoms in total. The highest BCUT2D eigenvalue weighted by Crippen LogP contribution is 2.24. The minimum atomic E-state index is -0.424. The Hall–Kier alpha value is -1.80. The second-order valence-corrected chi connectivity index (χ2v) is 5.48. The summed E-state index contributed by atoms with van der Waals surface area (Å²) in [6.45, 7) is 4.26. The number of benzene rings is 2. The van der Waals surface area contributed by atoms with Gasteiger partial charge >= 0.3 is 5.97 Å². The van der Waals surface area contributed by atoms with Gasteiger partial charge in [-0.05, 0) is 36.1 Å². The molecule has 0 bridgehead atoms. The van der Waals surface area contributed by atoms with Crippen molar-refractivity contribution in [1.29, 1.82) is 0 Å². The van der Waals surface area contributed by atoms with Gasteiger partial charge in [-0.25, -0.2) is 4.79 Å². The van der Waals surface area contributed by atoms with Crippen LogP contribution in [0.4, 0.5) is 0 Å². The van der Waals surface area contributed by atoms with E-state index < -0.39 is 5.97 Å². The Morgan fingerprint density at radius 1 is 1.10 bits per heavy atom. The lowest BCUT2D eigenvalue weighted by Crippen LogP contribution is -2.11. The Balaban J connectivity index is 2.22. The van der Waals surface area contributed by atoms with Crippen LogP contribution in [0, 0.1) is 5.92 Å². The maximum absolute atomic E-state index is 12.2. The average molecular weight is 289 g/mol. The van der Waals surface area contributed by atoms with Crippen LogP contribution < -0.4 is 4.74 Å². The number of carbonyl (C=O) groups excluding carboxylic acids is 1. The smallest absolute Gasteiger partial charge is 0.345 e. The molecule has 0 saturated heterocycles. The van der Waals surface area contributed by atoms with E-state index in [1.54, 1.807) is 24.3 Å². The molecular weight excluding hydrogens is 272 g/mol. The molecule has 0 aliphatic heterocycles. The molecule has 20 heavy (non-hydrogen) atoms. The molecule has 0 radical (unpaired) electrons. The Kier molecular flexibility index (Phi) is 4.80. The second-order valence-electron chi connectivity index (χ2n) is 5.08. The highest BCUT2D eigenvalue weighted by atomic mass is 35.5. The summed E-state index contributed by atoms with van der Waals surface area (Å²) in [7, 11) is 0. The second kappa shape index (κ2) is 6.58. The molecule has 0 unspecified atom stereocenters. The van der Waals surface area contributed by atoms with Crippen molar-refractivity contribution >= 4 is 17.6 Å². The van der Waals surface area contributed by atoms with Gasteiger partial charge in [-0.1, -0.05) is 55.8 Å². The lowest BCUT2D eigenvalue weighted by molar-refractivity contribution is 0.0733. The van der Waals surface area contributed by atoms with E-state index in [-0.39, 0.29) is 0 Å². The maximum atomic E-state index is 12.2. The molecule has 0 fully saturated rings. The van der Waals surface area contributed by atoms with Crippen LogP contribution in [-0.4, -0.2) is 5.97 Å². The normalized spacial score (nSPS) is 10.6. The molecule has 0 heterocycles. The molecule has 104 valence electrons. The van der Waals surface area contributed by atoms with Gasteiger partial charge < -0.3 is 4.74 Å². The van der Waals surface area contributed by atoms with Gasteiger partial charge in [0.1, 0.15) is 5.75 Å². The number of hydrogen-bond acceptors (Lipinski definition) is 2. The number of hydrogen-bond donors (Lipinski definition) is 0. The van der Waals surface area contributed by atoms with E-state index in [2.05, 4.69) is 13.8 Å². The molecular formula is C17H17ClO2. The van der Waals surface area contributed by atoms with Crippen LogP contribution in [0.25, 0.3) is 0 Å². The van der Waals surface area contributed by atoms with Crippen LogP contribution in [-0.2, 0) is 6.42 Å². The fourth-order valence-electron chi connectivity index (χ4n) is 1.99. The third kappa shape index (κ3) is 3.61. The van der Waals surface area contributed by atoms with E-state index in [4.69, 9.17) is 16.3 Å². The highest BCUT2D eigenvalue weighted by molar-refractivity contribution is 6.33. The number of carbonyl (C=O) groups is 1. The molecule has 0 spiro atoms. The summed E-state index contributed by atoms with van der Waals surface area (Å²) in [6, 6.07) is 14.5. The van der Waals surface area contributed by atoms with Crippen LogP contribution in [0.1, 0.15) is 29.8 Å². The molecule has 2 aromatic rings. The minimum Gasteiger partial charge on any atom is -0.423 e. The van der Waals surface area contributed by atoms with Crippen molar-refractivity contribution in [2.45, 2.75) is 20.3 Å². The van der Waals surface area contributed by atoms with Gasteiger partial charge in [0.25, 0.3) is 0 Å². The first-order chi connectivity index (χ1) is 9.58. The first kappa shape index (κ1) is 14.6. The molecule has 0 amide bonds. The van der Waals surface area contributed by atoms with Crippen LogP contribution in [0.3, 0.4) is 0 Å². The summed E-state index contributed by atoms with van der Waals surface area (Å²) in [5, 5.41) is 0.402. The van der Waals surface area contributed by atoms with Crippen molar-refractivity contribution in [3.8, 4) is 5.75 Å². The predicted octanol–water partition coefficient (Wildman–Crippen LogP) is 4.76. The molecule has 0 saturated carbocycles. The number of rotatable bonds is 4. The van der Waals surface area contributed by atoms with Gasteiger partial charge in [0, 0.05) is 0 Å². The van der Waals surface area contributed by atoms with Crippen molar-refractivity contribution < 1.29 is 9.53 Å². The van der Waals surface area contributed by atoms with Crippen molar-refractivity contribution in [1.82, 2.24) is 0 Å². The minimum absolute atomic E-state index is 0.383. The third-order valence-corrected chi connectivity index (χ3v) is 3.23. The quantitative estimate of drug-likeness (QED) is 0.599. The topological polar surface area (TPSA) is 26.3 Å². The SMILES string of the molecule is CC(C)Cc1ccccc1OC(=O)c1ccccc1Cl. The molecule has 0 atom stereocenters. The van der Waals surface area contributed by atoms with Crippen molar-refractivity contribution in [3.05, 3.63) is 64.7 Å².